The van der Waals surface area contributed by atoms with Crippen LogP contribution in [0.25, 0.3) is 0 Å². The number of hydrogen-bond donors (Lipinski definition) is 1. The summed E-state index contributed by atoms with van der Waals surface area (Å²) in [6.07, 6.45) is 0.585. The van der Waals surface area contributed by atoms with Gasteiger partial charge in [0.1, 0.15) is 11.5 Å². The first kappa shape index (κ1) is 19.5. The van der Waals surface area contributed by atoms with Crippen molar-refractivity contribution in [1.82, 2.24) is 5.32 Å². The lowest BCUT2D eigenvalue weighted by Crippen LogP contribution is -2.37. The first-order valence-corrected chi connectivity index (χ1v) is 8.74. The summed E-state index contributed by atoms with van der Waals surface area (Å²) in [4.78, 5) is 23.8. The number of carbonyl (C=O) groups excluding carboxylic acids is 2. The van der Waals surface area contributed by atoms with Crippen LogP contribution < -0.4 is 14.8 Å². The molecule has 0 aromatic heterocycles. The molecule has 0 aliphatic carbocycles. The lowest BCUT2D eigenvalue weighted by atomic mass is 10.1. The van der Waals surface area contributed by atoms with Crippen molar-refractivity contribution < 1.29 is 19.1 Å². The first-order chi connectivity index (χ1) is 12.5. The molecule has 2 aromatic rings. The van der Waals surface area contributed by atoms with Crippen LogP contribution in [0.2, 0.25) is 0 Å². The zero-order valence-corrected chi connectivity index (χ0v) is 15.5. The van der Waals surface area contributed by atoms with E-state index in [1.165, 1.54) is 0 Å². The quantitative estimate of drug-likeness (QED) is 0.700. The maximum Gasteiger partial charge on any atom is 0.260 e. The van der Waals surface area contributed by atoms with Crippen molar-refractivity contribution in [3.8, 4) is 11.5 Å². The zero-order chi connectivity index (χ0) is 18.9. The Balaban J connectivity index is 1.78. The Morgan fingerprint density at radius 3 is 2.19 bits per heavy atom. The number of carbonyl (C=O) groups is 2. The smallest absolute Gasteiger partial charge is 0.260 e. The molecule has 5 nitrogen and oxygen atoms in total. The van der Waals surface area contributed by atoms with Gasteiger partial charge in [-0.1, -0.05) is 19.1 Å². The molecule has 26 heavy (non-hydrogen) atoms. The van der Waals surface area contributed by atoms with Crippen molar-refractivity contribution in [3.63, 3.8) is 0 Å². The molecule has 5 heteroatoms. The minimum Gasteiger partial charge on any atom is -0.497 e. The van der Waals surface area contributed by atoms with Crippen molar-refractivity contribution in [2.24, 2.45) is 0 Å². The summed E-state index contributed by atoms with van der Waals surface area (Å²) in [6, 6.07) is 14.6. The Hall–Kier alpha value is -2.82. The maximum absolute atomic E-state index is 12.1. The van der Waals surface area contributed by atoms with E-state index in [0.717, 1.165) is 17.7 Å². The monoisotopic (exact) mass is 355 g/mol. The van der Waals surface area contributed by atoms with Gasteiger partial charge in [0.2, 0.25) is 0 Å². The minimum atomic E-state index is -0.612. The van der Waals surface area contributed by atoms with Crippen LogP contribution in [0.5, 0.6) is 11.5 Å². The molecule has 0 spiro atoms. The van der Waals surface area contributed by atoms with Gasteiger partial charge in [-0.25, -0.2) is 0 Å². The van der Waals surface area contributed by atoms with Gasteiger partial charge in [-0.05, 0) is 55.3 Å². The molecule has 0 saturated carbocycles. The van der Waals surface area contributed by atoms with Crippen molar-refractivity contribution >= 4 is 11.7 Å². The number of benzene rings is 2. The molecule has 1 atom stereocenters. The third kappa shape index (κ3) is 5.62. The molecule has 2 aromatic carbocycles. The fraction of sp³-hybridized carbons (Fsp3) is 0.333. The van der Waals surface area contributed by atoms with E-state index in [9.17, 15) is 9.59 Å². The highest BCUT2D eigenvalue weighted by Gasteiger charge is 2.14. The van der Waals surface area contributed by atoms with E-state index in [1.807, 2.05) is 31.2 Å². The number of hydrogen-bond acceptors (Lipinski definition) is 4. The summed E-state index contributed by atoms with van der Waals surface area (Å²) in [5, 5.41) is 2.87. The van der Waals surface area contributed by atoms with Crippen LogP contribution in [0.4, 0.5) is 0 Å². The highest BCUT2D eigenvalue weighted by molar-refractivity contribution is 5.95. The summed E-state index contributed by atoms with van der Waals surface area (Å²) in [5.41, 5.74) is 1.77. The highest BCUT2D eigenvalue weighted by Crippen LogP contribution is 2.15. The lowest BCUT2D eigenvalue weighted by molar-refractivity contribution is -0.127. The second-order valence-corrected chi connectivity index (χ2v) is 5.95. The average Bonchev–Trinajstić information content (AvgIpc) is 2.68. The fourth-order valence-corrected chi connectivity index (χ4v) is 2.45. The predicted octanol–water partition coefficient (Wildman–Crippen LogP) is 3.41. The van der Waals surface area contributed by atoms with Crippen LogP contribution in [0, 0.1) is 0 Å². The number of methoxy groups -OCH3 is 1. The number of ether oxygens (including phenoxy) is 2. The van der Waals surface area contributed by atoms with Gasteiger partial charge in [0.05, 0.1) is 7.11 Å². The Kier molecular flexibility index (Phi) is 7.21. The molecule has 0 aliphatic heterocycles. The average molecular weight is 355 g/mol. The lowest BCUT2D eigenvalue weighted by Gasteiger charge is -2.15. The minimum absolute atomic E-state index is 0.0841. The van der Waals surface area contributed by atoms with Gasteiger partial charge in [-0.2, -0.15) is 0 Å². The molecular formula is C21H25NO4. The third-order valence-electron chi connectivity index (χ3n) is 4.05. The van der Waals surface area contributed by atoms with E-state index in [4.69, 9.17) is 9.47 Å². The summed E-state index contributed by atoms with van der Waals surface area (Å²) in [7, 11) is 1.63. The van der Waals surface area contributed by atoms with Gasteiger partial charge >= 0.3 is 0 Å². The fourth-order valence-electron chi connectivity index (χ4n) is 2.45. The topological polar surface area (TPSA) is 64.6 Å². The van der Waals surface area contributed by atoms with Crippen molar-refractivity contribution in [2.75, 3.05) is 13.7 Å². The number of ketones is 1. The Labute approximate surface area is 154 Å². The van der Waals surface area contributed by atoms with Gasteiger partial charge in [-0.15, -0.1) is 0 Å². The van der Waals surface area contributed by atoms with Gasteiger partial charge < -0.3 is 14.8 Å². The molecular weight excluding hydrogens is 330 g/mol. The Bertz CT molecular complexity index is 723. The first-order valence-electron chi connectivity index (χ1n) is 8.74. The molecule has 1 amide bonds. The van der Waals surface area contributed by atoms with E-state index in [-0.39, 0.29) is 11.7 Å². The van der Waals surface area contributed by atoms with Crippen LogP contribution in [0.1, 0.15) is 36.2 Å². The van der Waals surface area contributed by atoms with E-state index >= 15 is 0 Å². The third-order valence-corrected chi connectivity index (χ3v) is 4.05. The van der Waals surface area contributed by atoms with Crippen LogP contribution in [-0.2, 0) is 11.2 Å². The molecule has 1 N–H and O–H groups in total. The summed E-state index contributed by atoms with van der Waals surface area (Å²) < 4.78 is 10.8. The van der Waals surface area contributed by atoms with Crippen molar-refractivity contribution in [1.29, 1.82) is 0 Å². The summed E-state index contributed by atoms with van der Waals surface area (Å²) in [5.74, 6) is 1.29. The van der Waals surface area contributed by atoms with Crippen LogP contribution in [0.15, 0.2) is 48.5 Å². The standard InChI is InChI=1S/C21H25NO4/c1-4-20(23)17-7-11-19(12-8-17)26-15(2)21(24)22-14-13-16-5-9-18(25-3)10-6-16/h5-12,15H,4,13-14H2,1-3H3,(H,22,24)/t15-/m0/s1. The van der Waals surface area contributed by atoms with Crippen LogP contribution in [0.3, 0.4) is 0 Å². The Morgan fingerprint density at radius 2 is 1.62 bits per heavy atom. The maximum atomic E-state index is 12.1. The molecule has 0 bridgehead atoms. The zero-order valence-electron chi connectivity index (χ0n) is 15.5. The van der Waals surface area contributed by atoms with E-state index < -0.39 is 6.10 Å². The van der Waals surface area contributed by atoms with Crippen molar-refractivity contribution in [2.45, 2.75) is 32.8 Å². The predicted molar refractivity (Wildman–Crippen MR) is 101 cm³/mol. The summed E-state index contributed by atoms with van der Waals surface area (Å²) >= 11 is 0. The number of amides is 1. The van der Waals surface area contributed by atoms with Crippen molar-refractivity contribution in [3.05, 3.63) is 59.7 Å². The van der Waals surface area contributed by atoms with Crippen LogP contribution in [-0.4, -0.2) is 31.4 Å². The Morgan fingerprint density at radius 1 is 1.00 bits per heavy atom. The molecule has 0 unspecified atom stereocenters. The van der Waals surface area contributed by atoms with Crippen LogP contribution >= 0.6 is 0 Å². The molecule has 0 fully saturated rings. The van der Waals surface area contributed by atoms with E-state index in [0.29, 0.717) is 24.3 Å². The number of Topliss-reactive ketones (excluding diaryl/α,β-unsaturated/α-hetero) is 1. The molecule has 138 valence electrons. The summed E-state index contributed by atoms with van der Waals surface area (Å²) in [6.45, 7) is 4.06. The normalized spacial score (nSPS) is 11.5. The van der Waals surface area contributed by atoms with Gasteiger partial charge in [0.15, 0.2) is 11.9 Å². The van der Waals surface area contributed by atoms with E-state index in [2.05, 4.69) is 5.32 Å². The molecule has 0 heterocycles. The van der Waals surface area contributed by atoms with Gasteiger partial charge in [-0.3, -0.25) is 9.59 Å². The number of nitrogens with one attached hydrogen (secondary N) is 1. The second-order valence-electron chi connectivity index (χ2n) is 5.95. The molecule has 2 rings (SSSR count). The molecule has 0 aliphatic rings. The largest absolute Gasteiger partial charge is 0.497 e. The van der Waals surface area contributed by atoms with Gasteiger partial charge in [0.25, 0.3) is 5.91 Å². The van der Waals surface area contributed by atoms with E-state index in [1.54, 1.807) is 38.3 Å². The molecule has 0 radical (unpaired) electrons. The van der Waals surface area contributed by atoms with Gasteiger partial charge in [0, 0.05) is 18.5 Å². The SMILES string of the molecule is CCC(=O)c1ccc(O[C@@H](C)C(=O)NCCc2ccc(OC)cc2)cc1. The number of rotatable bonds is 9. The second kappa shape index (κ2) is 9.61. The highest BCUT2D eigenvalue weighted by atomic mass is 16.5. The molecule has 0 saturated heterocycles.